The second kappa shape index (κ2) is 3.77. The van der Waals surface area contributed by atoms with Gasteiger partial charge in [0.1, 0.15) is 17.4 Å². The molecular weight excluding hydrogens is 184 g/mol. The topological polar surface area (TPSA) is 107 Å². The van der Waals surface area contributed by atoms with Gasteiger partial charge in [-0.1, -0.05) is 6.07 Å². The van der Waals surface area contributed by atoms with Crippen LogP contribution >= 0.6 is 0 Å². The molecule has 0 saturated heterocycles. The summed E-state index contributed by atoms with van der Waals surface area (Å²) in [6.07, 6.45) is 0. The molecule has 0 amide bonds. The van der Waals surface area contributed by atoms with Crippen molar-refractivity contribution in [1.29, 1.82) is 5.26 Å². The summed E-state index contributed by atoms with van der Waals surface area (Å²) in [7, 11) is 0. The van der Waals surface area contributed by atoms with Crippen LogP contribution in [0.2, 0.25) is 0 Å². The summed E-state index contributed by atoms with van der Waals surface area (Å²) >= 11 is 0. The highest BCUT2D eigenvalue weighted by Crippen LogP contribution is 2.25. The lowest BCUT2D eigenvalue weighted by Gasteiger charge is -2.05. The molecule has 0 atom stereocenters. The van der Waals surface area contributed by atoms with Crippen molar-refractivity contribution in [3.8, 4) is 11.8 Å². The zero-order valence-corrected chi connectivity index (χ0v) is 7.19. The summed E-state index contributed by atoms with van der Waals surface area (Å²) in [6.45, 7) is 0.0797. The third kappa shape index (κ3) is 1.51. The smallest absolute Gasteiger partial charge is 0.339 e. The van der Waals surface area contributed by atoms with E-state index in [1.54, 1.807) is 6.07 Å². The standard InChI is InChI=1S/C9H8N2O3/c10-3-5-1-2-6(9(13)14)8(12)7(5)4-11/h1-2,12H,3,10H2,(H,13,14). The molecule has 14 heavy (non-hydrogen) atoms. The van der Waals surface area contributed by atoms with Gasteiger partial charge in [-0.3, -0.25) is 0 Å². The number of carboxylic acid groups (broad SMARTS) is 1. The van der Waals surface area contributed by atoms with Crippen LogP contribution in [-0.4, -0.2) is 16.2 Å². The lowest BCUT2D eigenvalue weighted by atomic mass is 10.0. The molecule has 0 aliphatic rings. The van der Waals surface area contributed by atoms with Gasteiger partial charge >= 0.3 is 5.97 Å². The van der Waals surface area contributed by atoms with Crippen molar-refractivity contribution in [3.05, 3.63) is 28.8 Å². The van der Waals surface area contributed by atoms with Crippen molar-refractivity contribution in [3.63, 3.8) is 0 Å². The first-order valence-electron chi connectivity index (χ1n) is 3.80. The second-order valence-electron chi connectivity index (χ2n) is 2.62. The number of hydrogen-bond donors (Lipinski definition) is 3. The van der Waals surface area contributed by atoms with Crippen molar-refractivity contribution in [1.82, 2.24) is 0 Å². The van der Waals surface area contributed by atoms with E-state index in [1.165, 1.54) is 12.1 Å². The van der Waals surface area contributed by atoms with E-state index in [2.05, 4.69) is 0 Å². The Bertz CT molecular complexity index is 421. The maximum absolute atomic E-state index is 10.6. The molecule has 0 fully saturated rings. The Balaban J connectivity index is 3.44. The van der Waals surface area contributed by atoms with Crippen LogP contribution < -0.4 is 5.73 Å². The second-order valence-corrected chi connectivity index (χ2v) is 2.62. The van der Waals surface area contributed by atoms with Crippen LogP contribution in [0.25, 0.3) is 0 Å². The van der Waals surface area contributed by atoms with Gasteiger partial charge in [0.05, 0.1) is 5.56 Å². The van der Waals surface area contributed by atoms with Crippen molar-refractivity contribution < 1.29 is 15.0 Å². The average molecular weight is 192 g/mol. The molecular formula is C9H8N2O3. The number of nitriles is 1. The molecule has 0 aliphatic carbocycles. The van der Waals surface area contributed by atoms with E-state index in [-0.39, 0.29) is 17.7 Å². The van der Waals surface area contributed by atoms with Crippen LogP contribution in [0, 0.1) is 11.3 Å². The van der Waals surface area contributed by atoms with Crippen LogP contribution in [-0.2, 0) is 6.54 Å². The Morgan fingerprint density at radius 2 is 2.21 bits per heavy atom. The molecule has 0 heterocycles. The number of aromatic hydroxyl groups is 1. The number of nitrogens with zero attached hydrogens (tertiary/aromatic N) is 1. The van der Waals surface area contributed by atoms with Gasteiger partial charge in [-0.25, -0.2) is 4.79 Å². The highest BCUT2D eigenvalue weighted by molar-refractivity contribution is 5.92. The Labute approximate surface area is 80.0 Å². The van der Waals surface area contributed by atoms with Gasteiger partial charge in [-0.05, 0) is 11.6 Å². The summed E-state index contributed by atoms with van der Waals surface area (Å²) < 4.78 is 0. The minimum absolute atomic E-state index is 0.0765. The molecule has 1 aromatic carbocycles. The fraction of sp³-hybridized carbons (Fsp3) is 0.111. The monoisotopic (exact) mass is 192 g/mol. The maximum atomic E-state index is 10.6. The van der Waals surface area contributed by atoms with Gasteiger partial charge in [0.2, 0.25) is 0 Å². The molecule has 0 aliphatic heterocycles. The third-order valence-corrected chi connectivity index (χ3v) is 1.83. The lowest BCUT2D eigenvalue weighted by molar-refractivity contribution is 0.0693. The minimum atomic E-state index is -1.28. The van der Waals surface area contributed by atoms with E-state index in [0.717, 1.165) is 0 Å². The first kappa shape index (κ1) is 10.0. The highest BCUT2D eigenvalue weighted by Gasteiger charge is 2.15. The molecule has 0 unspecified atom stereocenters. The number of carbonyl (C=O) groups is 1. The fourth-order valence-electron chi connectivity index (χ4n) is 1.10. The molecule has 1 aromatic rings. The SMILES string of the molecule is N#Cc1c(CN)ccc(C(=O)O)c1O. The molecule has 5 heteroatoms. The van der Waals surface area contributed by atoms with Gasteiger partial charge in [0.15, 0.2) is 0 Å². The molecule has 1 rings (SSSR count). The van der Waals surface area contributed by atoms with Crippen LogP contribution in [0.1, 0.15) is 21.5 Å². The lowest BCUT2D eigenvalue weighted by Crippen LogP contribution is -2.04. The summed E-state index contributed by atoms with van der Waals surface area (Å²) in [5, 5.41) is 26.7. The first-order valence-corrected chi connectivity index (χ1v) is 3.80. The predicted octanol–water partition coefficient (Wildman–Crippen LogP) is 0.421. The number of hydrogen-bond acceptors (Lipinski definition) is 4. The van der Waals surface area contributed by atoms with Crippen molar-refractivity contribution >= 4 is 5.97 Å². The predicted molar refractivity (Wildman–Crippen MR) is 47.7 cm³/mol. The Morgan fingerprint density at radius 1 is 1.57 bits per heavy atom. The number of nitrogens with two attached hydrogens (primary N) is 1. The van der Waals surface area contributed by atoms with Crippen molar-refractivity contribution in [2.75, 3.05) is 0 Å². The van der Waals surface area contributed by atoms with Gasteiger partial charge < -0.3 is 15.9 Å². The number of benzene rings is 1. The number of phenols is 1. The minimum Gasteiger partial charge on any atom is -0.506 e. The van der Waals surface area contributed by atoms with Crippen LogP contribution in [0.3, 0.4) is 0 Å². The number of aromatic carboxylic acids is 1. The van der Waals surface area contributed by atoms with Crippen LogP contribution in [0.5, 0.6) is 5.75 Å². The summed E-state index contributed by atoms with van der Waals surface area (Å²) in [4.78, 5) is 10.6. The molecule has 0 bridgehead atoms. The first-order chi connectivity index (χ1) is 6.61. The van der Waals surface area contributed by atoms with E-state index in [9.17, 15) is 9.90 Å². The normalized spacial score (nSPS) is 9.43. The Hall–Kier alpha value is -2.06. The molecule has 0 radical (unpaired) electrons. The molecule has 0 spiro atoms. The molecule has 0 saturated carbocycles. The van der Waals surface area contributed by atoms with Gasteiger partial charge in [-0.2, -0.15) is 5.26 Å². The van der Waals surface area contributed by atoms with Crippen molar-refractivity contribution in [2.24, 2.45) is 5.73 Å². The molecule has 4 N–H and O–H groups in total. The molecule has 72 valence electrons. The van der Waals surface area contributed by atoms with E-state index < -0.39 is 11.7 Å². The van der Waals surface area contributed by atoms with E-state index in [1.807, 2.05) is 0 Å². The van der Waals surface area contributed by atoms with Gasteiger partial charge in [0, 0.05) is 6.54 Å². The highest BCUT2D eigenvalue weighted by atomic mass is 16.4. The zero-order valence-electron chi connectivity index (χ0n) is 7.19. The number of rotatable bonds is 2. The van der Waals surface area contributed by atoms with Crippen LogP contribution in [0.4, 0.5) is 0 Å². The summed E-state index contributed by atoms with van der Waals surface area (Å²) in [6, 6.07) is 4.36. The quantitative estimate of drug-likeness (QED) is 0.629. The van der Waals surface area contributed by atoms with Crippen molar-refractivity contribution in [2.45, 2.75) is 6.54 Å². The fourth-order valence-corrected chi connectivity index (χ4v) is 1.10. The maximum Gasteiger partial charge on any atom is 0.339 e. The molecule has 0 aromatic heterocycles. The third-order valence-electron chi connectivity index (χ3n) is 1.83. The van der Waals surface area contributed by atoms with Gasteiger partial charge in [0.25, 0.3) is 0 Å². The Morgan fingerprint density at radius 3 is 2.64 bits per heavy atom. The largest absolute Gasteiger partial charge is 0.506 e. The van der Waals surface area contributed by atoms with E-state index in [0.29, 0.717) is 5.56 Å². The van der Waals surface area contributed by atoms with E-state index in [4.69, 9.17) is 16.1 Å². The zero-order chi connectivity index (χ0) is 10.7. The summed E-state index contributed by atoms with van der Waals surface area (Å²) in [5.41, 5.74) is 5.37. The number of carboxylic acids is 1. The van der Waals surface area contributed by atoms with E-state index >= 15 is 0 Å². The molecule has 5 nitrogen and oxygen atoms in total. The van der Waals surface area contributed by atoms with Gasteiger partial charge in [-0.15, -0.1) is 0 Å². The summed E-state index contributed by atoms with van der Waals surface area (Å²) in [5.74, 6) is -1.80. The Kier molecular flexibility index (Phi) is 2.70. The van der Waals surface area contributed by atoms with Crippen LogP contribution in [0.15, 0.2) is 12.1 Å². The average Bonchev–Trinajstić information content (AvgIpc) is 2.16.